The summed E-state index contributed by atoms with van der Waals surface area (Å²) in [5.41, 5.74) is 1.21. The van der Waals surface area contributed by atoms with Crippen LogP contribution in [0.2, 0.25) is 0 Å². The van der Waals surface area contributed by atoms with Gasteiger partial charge in [-0.3, -0.25) is 4.79 Å². The minimum atomic E-state index is 0.237. The van der Waals surface area contributed by atoms with Crippen LogP contribution in [-0.4, -0.2) is 12.5 Å². The molecule has 0 bridgehead atoms. The van der Waals surface area contributed by atoms with E-state index in [0.717, 1.165) is 11.5 Å². The average molecular weight is 229 g/mol. The summed E-state index contributed by atoms with van der Waals surface area (Å²) in [4.78, 5) is 14.4. The second kappa shape index (κ2) is 3.76. The highest BCUT2D eigenvalue weighted by Crippen LogP contribution is 2.35. The van der Waals surface area contributed by atoms with Crippen molar-refractivity contribution in [1.82, 2.24) is 0 Å². The van der Waals surface area contributed by atoms with Gasteiger partial charge in [-0.1, -0.05) is 30.3 Å². The lowest BCUT2D eigenvalue weighted by Gasteiger charge is -2.28. The molecule has 3 heteroatoms. The molecule has 2 aromatic rings. The number of thiophene rings is 1. The van der Waals surface area contributed by atoms with Gasteiger partial charge in [0, 0.05) is 17.8 Å². The predicted octanol–water partition coefficient (Wildman–Crippen LogP) is 3.15. The minimum Gasteiger partial charge on any atom is -0.303 e. The van der Waals surface area contributed by atoms with Crippen LogP contribution in [0.25, 0.3) is 10.4 Å². The number of hydrogen-bond donors (Lipinski definition) is 0. The van der Waals surface area contributed by atoms with E-state index in [1.54, 1.807) is 11.3 Å². The predicted molar refractivity (Wildman–Crippen MR) is 66.7 cm³/mol. The zero-order valence-corrected chi connectivity index (χ0v) is 9.54. The van der Waals surface area contributed by atoms with E-state index in [4.69, 9.17) is 0 Å². The molecule has 1 saturated heterocycles. The molecule has 2 nitrogen and oxygen atoms in total. The highest BCUT2D eigenvalue weighted by atomic mass is 32.1. The number of hydrogen-bond acceptors (Lipinski definition) is 2. The Hall–Kier alpha value is -1.61. The molecule has 1 aromatic heterocycles. The molecule has 1 aromatic carbocycles. The standard InChI is InChI=1S/C13H11NOS/c15-12-8-9-14(12)13-7-6-11(16-13)10-4-2-1-3-5-10/h1-7H,8-9H2. The third-order valence-electron chi connectivity index (χ3n) is 2.77. The van der Waals surface area contributed by atoms with Crippen LogP contribution in [0.1, 0.15) is 6.42 Å². The highest BCUT2D eigenvalue weighted by molar-refractivity contribution is 7.19. The first-order chi connectivity index (χ1) is 7.84. The summed E-state index contributed by atoms with van der Waals surface area (Å²) in [5.74, 6) is 0.237. The fourth-order valence-corrected chi connectivity index (χ4v) is 2.83. The molecular formula is C13H11NOS. The van der Waals surface area contributed by atoms with Gasteiger partial charge < -0.3 is 4.90 Å². The summed E-state index contributed by atoms with van der Waals surface area (Å²) in [5, 5.41) is 1.06. The second-order valence-corrected chi connectivity index (χ2v) is 4.86. The molecule has 0 spiro atoms. The normalized spacial score (nSPS) is 15.0. The van der Waals surface area contributed by atoms with Crippen molar-refractivity contribution in [2.45, 2.75) is 6.42 Å². The van der Waals surface area contributed by atoms with E-state index in [2.05, 4.69) is 18.2 Å². The smallest absolute Gasteiger partial charge is 0.229 e. The number of nitrogens with zero attached hydrogens (tertiary/aromatic N) is 1. The van der Waals surface area contributed by atoms with Crippen LogP contribution >= 0.6 is 11.3 Å². The summed E-state index contributed by atoms with van der Waals surface area (Å²) in [6.45, 7) is 0.869. The van der Waals surface area contributed by atoms with Gasteiger partial charge >= 0.3 is 0 Å². The number of rotatable bonds is 2. The van der Waals surface area contributed by atoms with Crippen LogP contribution in [0.4, 0.5) is 5.00 Å². The molecule has 1 amide bonds. The topological polar surface area (TPSA) is 20.3 Å². The molecule has 0 unspecified atom stereocenters. The molecular weight excluding hydrogens is 218 g/mol. The van der Waals surface area contributed by atoms with Gasteiger partial charge in [0.1, 0.15) is 0 Å². The molecule has 2 heterocycles. The van der Waals surface area contributed by atoms with Gasteiger partial charge in [-0.15, -0.1) is 11.3 Å². The molecule has 1 fully saturated rings. The quantitative estimate of drug-likeness (QED) is 0.724. The van der Waals surface area contributed by atoms with Crippen LogP contribution in [0, 0.1) is 0 Å². The lowest BCUT2D eigenvalue weighted by Crippen LogP contribution is -2.42. The lowest BCUT2D eigenvalue weighted by molar-refractivity contribution is -0.122. The molecule has 0 aliphatic carbocycles. The molecule has 1 aliphatic rings. The van der Waals surface area contributed by atoms with Gasteiger partial charge in [-0.2, -0.15) is 0 Å². The number of carbonyl (C=O) groups is 1. The van der Waals surface area contributed by atoms with E-state index in [-0.39, 0.29) is 5.91 Å². The number of anilines is 1. The van der Waals surface area contributed by atoms with E-state index in [9.17, 15) is 4.79 Å². The summed E-state index contributed by atoms with van der Waals surface area (Å²) < 4.78 is 0. The molecule has 0 saturated carbocycles. The van der Waals surface area contributed by atoms with Crippen molar-refractivity contribution in [3.8, 4) is 10.4 Å². The van der Waals surface area contributed by atoms with Crippen molar-refractivity contribution in [3.05, 3.63) is 42.5 Å². The molecule has 16 heavy (non-hydrogen) atoms. The molecule has 1 aliphatic heterocycles. The Morgan fingerprint density at radius 1 is 1.06 bits per heavy atom. The zero-order valence-electron chi connectivity index (χ0n) is 8.72. The van der Waals surface area contributed by atoms with Gasteiger partial charge in [-0.05, 0) is 17.7 Å². The Labute approximate surface area is 98.1 Å². The summed E-state index contributed by atoms with van der Waals surface area (Å²) in [6.07, 6.45) is 0.693. The molecule has 0 N–H and O–H groups in total. The van der Waals surface area contributed by atoms with Crippen molar-refractivity contribution >= 4 is 22.2 Å². The fourth-order valence-electron chi connectivity index (χ4n) is 1.78. The van der Waals surface area contributed by atoms with Gasteiger partial charge in [0.05, 0.1) is 5.00 Å². The first-order valence-electron chi connectivity index (χ1n) is 5.30. The van der Waals surface area contributed by atoms with Crippen LogP contribution < -0.4 is 4.90 Å². The van der Waals surface area contributed by atoms with Crippen molar-refractivity contribution in [2.24, 2.45) is 0 Å². The Balaban J connectivity index is 1.91. The Morgan fingerprint density at radius 3 is 2.50 bits per heavy atom. The summed E-state index contributed by atoms with van der Waals surface area (Å²) >= 11 is 1.68. The second-order valence-electron chi connectivity index (χ2n) is 3.80. The fraction of sp³-hybridized carbons (Fsp3) is 0.154. The van der Waals surface area contributed by atoms with Crippen molar-refractivity contribution < 1.29 is 4.79 Å². The Morgan fingerprint density at radius 2 is 1.88 bits per heavy atom. The lowest BCUT2D eigenvalue weighted by atomic mass is 10.2. The van der Waals surface area contributed by atoms with Crippen molar-refractivity contribution in [2.75, 3.05) is 11.4 Å². The van der Waals surface area contributed by atoms with Gasteiger partial charge in [0.2, 0.25) is 5.91 Å². The number of amides is 1. The van der Waals surface area contributed by atoms with Crippen LogP contribution in [0.5, 0.6) is 0 Å². The Kier molecular flexibility index (Phi) is 2.26. The molecule has 3 rings (SSSR count). The molecule has 80 valence electrons. The van der Waals surface area contributed by atoms with Crippen molar-refractivity contribution in [1.29, 1.82) is 0 Å². The summed E-state index contributed by atoms with van der Waals surface area (Å²) in [6, 6.07) is 14.4. The SMILES string of the molecule is O=C1CCN1c1ccc(-c2ccccc2)s1. The van der Waals surface area contributed by atoms with E-state index in [1.165, 1.54) is 10.4 Å². The van der Waals surface area contributed by atoms with E-state index in [1.807, 2.05) is 29.2 Å². The maximum absolute atomic E-state index is 11.3. The molecule has 0 radical (unpaired) electrons. The summed E-state index contributed by atoms with van der Waals surface area (Å²) in [7, 11) is 0. The monoisotopic (exact) mass is 229 g/mol. The van der Waals surface area contributed by atoms with E-state index >= 15 is 0 Å². The maximum Gasteiger partial charge on any atom is 0.229 e. The average Bonchev–Trinajstić information content (AvgIpc) is 2.77. The largest absolute Gasteiger partial charge is 0.303 e. The Bertz CT molecular complexity index is 518. The first kappa shape index (κ1) is 9.60. The van der Waals surface area contributed by atoms with Gasteiger partial charge in [0.25, 0.3) is 0 Å². The third kappa shape index (κ3) is 1.53. The highest BCUT2D eigenvalue weighted by Gasteiger charge is 2.26. The van der Waals surface area contributed by atoms with Gasteiger partial charge in [-0.25, -0.2) is 0 Å². The maximum atomic E-state index is 11.3. The van der Waals surface area contributed by atoms with E-state index in [0.29, 0.717) is 6.42 Å². The number of β-lactam (4-membered cyclic amide) rings is 1. The number of carbonyl (C=O) groups excluding carboxylic acids is 1. The molecule has 0 atom stereocenters. The first-order valence-corrected chi connectivity index (χ1v) is 6.12. The van der Waals surface area contributed by atoms with Crippen LogP contribution in [-0.2, 0) is 4.79 Å². The van der Waals surface area contributed by atoms with Gasteiger partial charge in [0.15, 0.2) is 0 Å². The third-order valence-corrected chi connectivity index (χ3v) is 3.92. The number of benzene rings is 1. The van der Waals surface area contributed by atoms with Crippen LogP contribution in [0.3, 0.4) is 0 Å². The van der Waals surface area contributed by atoms with Crippen LogP contribution in [0.15, 0.2) is 42.5 Å². The van der Waals surface area contributed by atoms with E-state index < -0.39 is 0 Å². The zero-order chi connectivity index (χ0) is 11.0. The minimum absolute atomic E-state index is 0.237. The van der Waals surface area contributed by atoms with Crippen molar-refractivity contribution in [3.63, 3.8) is 0 Å².